The highest BCUT2D eigenvalue weighted by Gasteiger charge is 2.39. The van der Waals surface area contributed by atoms with E-state index >= 15 is 0 Å². The highest BCUT2D eigenvalue weighted by molar-refractivity contribution is 6.30. The van der Waals surface area contributed by atoms with E-state index in [4.69, 9.17) is 11.6 Å². The summed E-state index contributed by atoms with van der Waals surface area (Å²) in [5.74, 6) is -0.766. The summed E-state index contributed by atoms with van der Waals surface area (Å²) in [6.07, 6.45) is 2.68. The van der Waals surface area contributed by atoms with Crippen molar-refractivity contribution in [1.82, 2.24) is 15.1 Å². The molecule has 39 heavy (non-hydrogen) atoms. The lowest BCUT2D eigenvalue weighted by atomic mass is 9.99. The average Bonchev–Trinajstić information content (AvgIpc) is 3.28. The molecule has 1 atom stereocenters. The Morgan fingerprint density at radius 2 is 1.62 bits per heavy atom. The fourth-order valence-corrected chi connectivity index (χ4v) is 6.11. The Kier molecular flexibility index (Phi) is 7.11. The molecule has 0 saturated carbocycles. The number of carbonyl (C=O) groups excluding carboxylic acids is 3. The standard InChI is InChI=1S/C31H31ClN4O3/c32-22-10-8-20(9-11-22)24-5-1-2-7-27(24)33-23-14-16-35(17-15-23)18-21-4-3-6-25-26(21)19-36(31(25)39)28-12-13-29(37)34-30(28)38/h1-11,23,28,33H,12-19H2,(H,34,37,38). The van der Waals surface area contributed by atoms with E-state index in [2.05, 4.69) is 58.0 Å². The van der Waals surface area contributed by atoms with Gasteiger partial charge in [0.1, 0.15) is 6.04 Å². The van der Waals surface area contributed by atoms with Crippen molar-refractivity contribution in [2.24, 2.45) is 0 Å². The molecule has 2 fully saturated rings. The lowest BCUT2D eigenvalue weighted by Crippen LogP contribution is -2.52. The number of piperidine rings is 2. The first-order valence-electron chi connectivity index (χ1n) is 13.6. The van der Waals surface area contributed by atoms with Gasteiger partial charge in [0.25, 0.3) is 5.91 Å². The molecule has 0 bridgehead atoms. The third kappa shape index (κ3) is 5.29. The quantitative estimate of drug-likeness (QED) is 0.435. The fourth-order valence-electron chi connectivity index (χ4n) is 5.98. The van der Waals surface area contributed by atoms with Crippen molar-refractivity contribution in [2.75, 3.05) is 18.4 Å². The molecule has 3 aromatic rings. The van der Waals surface area contributed by atoms with Crippen molar-refractivity contribution in [3.05, 3.63) is 88.4 Å². The van der Waals surface area contributed by atoms with Crippen molar-refractivity contribution < 1.29 is 14.4 Å². The van der Waals surface area contributed by atoms with Crippen LogP contribution in [0.3, 0.4) is 0 Å². The van der Waals surface area contributed by atoms with Gasteiger partial charge in [-0.2, -0.15) is 0 Å². The molecule has 3 aliphatic heterocycles. The van der Waals surface area contributed by atoms with Crippen LogP contribution in [0.5, 0.6) is 0 Å². The first-order chi connectivity index (χ1) is 19.0. The smallest absolute Gasteiger partial charge is 0.255 e. The summed E-state index contributed by atoms with van der Waals surface area (Å²) in [7, 11) is 0. The Labute approximate surface area is 233 Å². The lowest BCUT2D eigenvalue weighted by molar-refractivity contribution is -0.136. The molecule has 3 amide bonds. The van der Waals surface area contributed by atoms with Gasteiger partial charge in [-0.25, -0.2) is 0 Å². The Morgan fingerprint density at radius 3 is 2.38 bits per heavy atom. The number of para-hydroxylation sites is 1. The van der Waals surface area contributed by atoms with Crippen LogP contribution in [0.25, 0.3) is 11.1 Å². The Bertz CT molecular complexity index is 1420. The molecule has 6 rings (SSSR count). The molecule has 8 heteroatoms. The Morgan fingerprint density at radius 1 is 0.872 bits per heavy atom. The van der Waals surface area contributed by atoms with Gasteiger partial charge in [0.15, 0.2) is 0 Å². The van der Waals surface area contributed by atoms with E-state index in [0.717, 1.165) is 59.9 Å². The number of anilines is 1. The van der Waals surface area contributed by atoms with Crippen LogP contribution < -0.4 is 10.6 Å². The van der Waals surface area contributed by atoms with Crippen LogP contribution in [0.2, 0.25) is 5.02 Å². The van der Waals surface area contributed by atoms with E-state index < -0.39 is 6.04 Å². The largest absolute Gasteiger partial charge is 0.382 e. The van der Waals surface area contributed by atoms with E-state index in [1.54, 1.807) is 4.90 Å². The molecule has 1 unspecified atom stereocenters. The first kappa shape index (κ1) is 25.6. The van der Waals surface area contributed by atoms with Gasteiger partial charge in [-0.05, 0) is 60.2 Å². The van der Waals surface area contributed by atoms with Gasteiger partial charge in [0.05, 0.1) is 0 Å². The predicted octanol–water partition coefficient (Wildman–Crippen LogP) is 4.84. The van der Waals surface area contributed by atoms with Crippen LogP contribution in [0.1, 0.15) is 47.2 Å². The van der Waals surface area contributed by atoms with Crippen LogP contribution in [-0.4, -0.2) is 52.7 Å². The van der Waals surface area contributed by atoms with Gasteiger partial charge in [0.2, 0.25) is 11.8 Å². The molecule has 3 aromatic carbocycles. The van der Waals surface area contributed by atoms with Gasteiger partial charge >= 0.3 is 0 Å². The molecule has 3 heterocycles. The van der Waals surface area contributed by atoms with E-state index in [-0.39, 0.29) is 24.1 Å². The van der Waals surface area contributed by atoms with Crippen molar-refractivity contribution in [1.29, 1.82) is 0 Å². The minimum atomic E-state index is -0.590. The monoisotopic (exact) mass is 542 g/mol. The third-order valence-electron chi connectivity index (χ3n) is 8.10. The minimum absolute atomic E-state index is 0.122. The van der Waals surface area contributed by atoms with Crippen LogP contribution >= 0.6 is 11.6 Å². The maximum absolute atomic E-state index is 13.2. The van der Waals surface area contributed by atoms with Crippen LogP contribution in [0, 0.1) is 0 Å². The van der Waals surface area contributed by atoms with Crippen molar-refractivity contribution in [3.63, 3.8) is 0 Å². The van der Waals surface area contributed by atoms with Crippen molar-refractivity contribution in [3.8, 4) is 11.1 Å². The molecule has 0 aliphatic carbocycles. The average molecular weight is 543 g/mol. The maximum atomic E-state index is 13.2. The maximum Gasteiger partial charge on any atom is 0.255 e. The van der Waals surface area contributed by atoms with Gasteiger partial charge in [-0.1, -0.05) is 54.1 Å². The summed E-state index contributed by atoms with van der Waals surface area (Å²) in [6, 6.07) is 22.0. The molecule has 3 aliphatic rings. The fraction of sp³-hybridized carbons (Fsp3) is 0.323. The zero-order valence-corrected chi connectivity index (χ0v) is 22.4. The summed E-state index contributed by atoms with van der Waals surface area (Å²) in [5.41, 5.74) is 6.25. The number of fused-ring (bicyclic) bond motifs is 1. The van der Waals surface area contributed by atoms with E-state index in [1.807, 2.05) is 24.3 Å². The zero-order valence-electron chi connectivity index (χ0n) is 21.7. The second kappa shape index (κ2) is 10.8. The van der Waals surface area contributed by atoms with Crippen molar-refractivity contribution in [2.45, 2.75) is 50.9 Å². The van der Waals surface area contributed by atoms with E-state index in [0.29, 0.717) is 24.6 Å². The highest BCUT2D eigenvalue weighted by atomic mass is 35.5. The number of rotatable bonds is 6. The SMILES string of the molecule is O=C1CCC(N2Cc3c(CN4CCC(Nc5ccccc5-c5ccc(Cl)cc5)CC4)cccc3C2=O)C(=O)N1. The second-order valence-corrected chi connectivity index (χ2v) is 11.0. The Balaban J connectivity index is 1.09. The van der Waals surface area contributed by atoms with Crippen LogP contribution in [0.15, 0.2) is 66.7 Å². The summed E-state index contributed by atoms with van der Waals surface area (Å²) in [6.45, 7) is 3.09. The third-order valence-corrected chi connectivity index (χ3v) is 8.35. The molecule has 0 spiro atoms. The number of carbonyl (C=O) groups is 3. The van der Waals surface area contributed by atoms with E-state index in [9.17, 15) is 14.4 Å². The van der Waals surface area contributed by atoms with Gasteiger partial charge in [-0.3, -0.25) is 24.6 Å². The highest BCUT2D eigenvalue weighted by Crippen LogP contribution is 2.32. The number of hydrogen-bond donors (Lipinski definition) is 2. The number of amides is 3. The molecule has 2 saturated heterocycles. The number of imide groups is 1. The van der Waals surface area contributed by atoms with Gasteiger partial charge < -0.3 is 10.2 Å². The number of benzene rings is 3. The summed E-state index contributed by atoms with van der Waals surface area (Å²) in [4.78, 5) is 41.2. The topological polar surface area (TPSA) is 81.8 Å². The summed E-state index contributed by atoms with van der Waals surface area (Å²) in [5, 5.41) is 6.88. The molecule has 0 radical (unpaired) electrons. The second-order valence-electron chi connectivity index (χ2n) is 10.6. The molecule has 0 aromatic heterocycles. The number of likely N-dealkylation sites (tertiary alicyclic amines) is 1. The normalized spacial score (nSPS) is 20.2. The molecule has 200 valence electrons. The molecular weight excluding hydrogens is 512 g/mol. The molecule has 7 nitrogen and oxygen atoms in total. The molecular formula is C31H31ClN4O3. The molecule has 2 N–H and O–H groups in total. The van der Waals surface area contributed by atoms with E-state index in [1.165, 1.54) is 5.56 Å². The van der Waals surface area contributed by atoms with Crippen LogP contribution in [-0.2, 0) is 22.7 Å². The Hall–Kier alpha value is -3.68. The number of nitrogens with one attached hydrogen (secondary N) is 2. The number of hydrogen-bond acceptors (Lipinski definition) is 5. The van der Waals surface area contributed by atoms with Crippen molar-refractivity contribution >= 4 is 35.0 Å². The first-order valence-corrected chi connectivity index (χ1v) is 13.9. The number of halogens is 1. The lowest BCUT2D eigenvalue weighted by Gasteiger charge is -2.33. The minimum Gasteiger partial charge on any atom is -0.382 e. The van der Waals surface area contributed by atoms with Crippen LogP contribution in [0.4, 0.5) is 5.69 Å². The summed E-state index contributed by atoms with van der Waals surface area (Å²) < 4.78 is 0. The number of nitrogens with zero attached hydrogens (tertiary/aromatic N) is 2. The summed E-state index contributed by atoms with van der Waals surface area (Å²) >= 11 is 6.09. The zero-order chi connectivity index (χ0) is 26.9. The predicted molar refractivity (Wildman–Crippen MR) is 151 cm³/mol. The van der Waals surface area contributed by atoms with Gasteiger partial charge in [0, 0.05) is 60.5 Å². The van der Waals surface area contributed by atoms with Gasteiger partial charge in [-0.15, -0.1) is 0 Å².